The van der Waals surface area contributed by atoms with Gasteiger partial charge in [0, 0.05) is 50.3 Å². The maximum atomic E-state index is 6.25. The summed E-state index contributed by atoms with van der Waals surface area (Å²) in [6.45, 7) is 4.69. The number of furan rings is 1. The van der Waals surface area contributed by atoms with Gasteiger partial charge >= 0.3 is 0 Å². The van der Waals surface area contributed by atoms with Gasteiger partial charge in [-0.3, -0.25) is 0 Å². The van der Waals surface area contributed by atoms with Gasteiger partial charge in [0.15, 0.2) is 0 Å². The van der Waals surface area contributed by atoms with Gasteiger partial charge in [0.1, 0.15) is 11.2 Å². The van der Waals surface area contributed by atoms with Gasteiger partial charge in [-0.15, -0.1) is 0 Å². The Morgan fingerprint density at radius 3 is 1.24 bits per heavy atom. The van der Waals surface area contributed by atoms with E-state index in [1.54, 1.807) is 0 Å². The predicted octanol–water partition coefficient (Wildman–Crippen LogP) is 26.4. The maximum absolute atomic E-state index is 6.25. The van der Waals surface area contributed by atoms with Crippen LogP contribution in [0.3, 0.4) is 0 Å². The summed E-state index contributed by atoms with van der Waals surface area (Å²) >= 11 is 0. The molecule has 0 amide bonds. The minimum Gasteiger partial charge on any atom is -0.456 e. The second-order valence-electron chi connectivity index (χ2n) is 25.9. The Morgan fingerprint density at radius 1 is 0.208 bits per heavy atom. The molecular formula is C93H64N2O. The maximum Gasteiger partial charge on any atom is 0.135 e. The van der Waals surface area contributed by atoms with Crippen molar-refractivity contribution in [2.45, 2.75) is 19.3 Å². The van der Waals surface area contributed by atoms with Crippen LogP contribution in [0.15, 0.2) is 356 Å². The third-order valence-corrected chi connectivity index (χ3v) is 20.1. The van der Waals surface area contributed by atoms with Crippen LogP contribution in [0.25, 0.3) is 131 Å². The number of nitrogens with zero attached hydrogens (tertiary/aromatic N) is 2. The molecule has 0 radical (unpaired) electrons. The molecule has 0 spiro atoms. The van der Waals surface area contributed by atoms with Crippen molar-refractivity contribution < 1.29 is 4.42 Å². The summed E-state index contributed by atoms with van der Waals surface area (Å²) in [5.41, 5.74) is 21.1. The number of benzene rings is 17. The van der Waals surface area contributed by atoms with Crippen molar-refractivity contribution in [1.29, 1.82) is 0 Å². The quantitative estimate of drug-likeness (QED) is 0.134. The molecule has 0 bridgehead atoms. The van der Waals surface area contributed by atoms with Gasteiger partial charge in [-0.1, -0.05) is 281 Å². The zero-order valence-corrected chi connectivity index (χ0v) is 53.3. The zero-order valence-electron chi connectivity index (χ0n) is 53.3. The fourth-order valence-corrected chi connectivity index (χ4v) is 15.3. The number of rotatable bonds is 9. The molecule has 18 aromatic rings. The number of para-hydroxylation sites is 1. The molecule has 1 aliphatic carbocycles. The van der Waals surface area contributed by atoms with Crippen molar-refractivity contribution in [3.05, 3.63) is 363 Å². The van der Waals surface area contributed by atoms with E-state index in [2.05, 4.69) is 363 Å². The Bertz CT molecular complexity index is 6060. The van der Waals surface area contributed by atoms with Crippen LogP contribution in [0.1, 0.15) is 25.0 Å². The van der Waals surface area contributed by atoms with Gasteiger partial charge in [0.05, 0.1) is 0 Å². The van der Waals surface area contributed by atoms with E-state index in [1.165, 1.54) is 120 Å². The topological polar surface area (TPSA) is 19.6 Å². The van der Waals surface area contributed by atoms with Gasteiger partial charge in [-0.05, 0) is 205 Å². The summed E-state index contributed by atoms with van der Waals surface area (Å²) in [4.78, 5) is 4.80. The van der Waals surface area contributed by atoms with E-state index in [9.17, 15) is 0 Å². The molecule has 0 saturated heterocycles. The van der Waals surface area contributed by atoms with Crippen LogP contribution in [0, 0.1) is 0 Å². The molecule has 1 aliphatic rings. The second-order valence-corrected chi connectivity index (χ2v) is 25.9. The van der Waals surface area contributed by atoms with Gasteiger partial charge < -0.3 is 14.2 Å². The minimum atomic E-state index is -0.0305. The number of anilines is 6. The van der Waals surface area contributed by atoms with E-state index in [4.69, 9.17) is 4.42 Å². The lowest BCUT2D eigenvalue weighted by molar-refractivity contribution is 0.660. The van der Waals surface area contributed by atoms with Crippen molar-refractivity contribution in [2.24, 2.45) is 0 Å². The first-order valence-corrected chi connectivity index (χ1v) is 33.2. The third kappa shape index (κ3) is 9.66. The van der Waals surface area contributed by atoms with Crippen molar-refractivity contribution >= 4 is 121 Å². The highest BCUT2D eigenvalue weighted by Gasteiger charge is 2.36. The van der Waals surface area contributed by atoms with Crippen LogP contribution in [-0.4, -0.2) is 0 Å². The van der Waals surface area contributed by atoms with Crippen LogP contribution in [0.4, 0.5) is 34.1 Å². The molecule has 1 heterocycles. The lowest BCUT2D eigenvalue weighted by Gasteiger charge is -2.28. The Balaban J connectivity index is 0.000000141. The van der Waals surface area contributed by atoms with Crippen LogP contribution >= 0.6 is 0 Å². The molecule has 0 N–H and O–H groups in total. The fraction of sp³-hybridized carbons (Fsp3) is 0.0323. The van der Waals surface area contributed by atoms with E-state index in [1.807, 2.05) is 12.1 Å². The first-order valence-electron chi connectivity index (χ1n) is 33.2. The highest BCUT2D eigenvalue weighted by Crippen LogP contribution is 2.52. The lowest BCUT2D eigenvalue weighted by atomic mass is 9.82. The van der Waals surface area contributed by atoms with Crippen LogP contribution in [0.5, 0.6) is 0 Å². The average Bonchev–Trinajstić information content (AvgIpc) is 1.54. The second kappa shape index (κ2) is 23.1. The molecule has 0 unspecified atom stereocenters. The van der Waals surface area contributed by atoms with E-state index < -0.39 is 0 Å². The standard InChI is InChI=1S/C48H31NO.C45H33N/c1-2-11-32(12-3-1)39-16-6-7-18-41(39)35-14-10-15-36(29-35)49(38-25-28-48-46(31-38)44-19-8-9-20-47(44)50-48)37-24-21-34-23-26-42-40-17-5-4-13-33(40)22-27-43(42)45(34)30-37;1-45(2)43-15-9-8-14-40(43)42-29-36(24-27-44(42)45)46(34-21-16-31(17-22-34)30-10-4-3-5-11-30)35-23-18-33-20-25-38-37-13-7-6-12-32(37)19-26-39(38)41(33)28-35/h1-31H;3-29H,1-2H3. The molecule has 0 atom stereocenters. The Labute approximate surface area is 558 Å². The average molecular weight is 1230 g/mol. The van der Waals surface area contributed by atoms with E-state index in [0.29, 0.717) is 0 Å². The molecule has 0 aliphatic heterocycles. The zero-order chi connectivity index (χ0) is 63.8. The summed E-state index contributed by atoms with van der Waals surface area (Å²) in [6.07, 6.45) is 0. The van der Waals surface area contributed by atoms with Crippen molar-refractivity contribution in [3.8, 4) is 44.5 Å². The Hall–Kier alpha value is -12.3. The molecule has 19 rings (SSSR count). The molecule has 3 nitrogen and oxygen atoms in total. The van der Waals surface area contributed by atoms with E-state index >= 15 is 0 Å². The molecule has 96 heavy (non-hydrogen) atoms. The molecule has 0 fully saturated rings. The molecule has 0 saturated carbocycles. The Kier molecular flexibility index (Phi) is 13.6. The Morgan fingerprint density at radius 2 is 0.604 bits per heavy atom. The first kappa shape index (κ1) is 56.5. The van der Waals surface area contributed by atoms with Gasteiger partial charge in [0.25, 0.3) is 0 Å². The predicted molar refractivity (Wildman–Crippen MR) is 408 cm³/mol. The molecule has 1 aromatic heterocycles. The minimum absolute atomic E-state index is 0.0305. The molecule has 3 heteroatoms. The summed E-state index contributed by atoms with van der Waals surface area (Å²) < 4.78 is 6.25. The summed E-state index contributed by atoms with van der Waals surface area (Å²) in [5.74, 6) is 0. The van der Waals surface area contributed by atoms with E-state index in [0.717, 1.165) is 56.1 Å². The first-order chi connectivity index (χ1) is 47.3. The number of hydrogen-bond donors (Lipinski definition) is 0. The van der Waals surface area contributed by atoms with Gasteiger partial charge in [0.2, 0.25) is 0 Å². The van der Waals surface area contributed by atoms with Crippen LogP contribution in [0.2, 0.25) is 0 Å². The number of fused-ring (bicyclic) bond motifs is 16. The smallest absolute Gasteiger partial charge is 0.135 e. The summed E-state index contributed by atoms with van der Waals surface area (Å²) in [7, 11) is 0. The SMILES string of the molecule is CC1(C)c2ccccc2-c2cc(N(c3ccc(-c4ccccc4)cc3)c3ccc4ccc5c6ccccc6ccc5c4c3)ccc21.c1ccc(-c2ccccc2-c2cccc(N(c3ccc4ccc5c6ccccc6ccc5c4c3)c3ccc4oc5ccccc5c4c3)c2)cc1. The summed E-state index contributed by atoms with van der Waals surface area (Å²) in [5, 5.41) is 17.4. The van der Waals surface area contributed by atoms with Crippen LogP contribution < -0.4 is 9.80 Å². The van der Waals surface area contributed by atoms with Gasteiger partial charge in [-0.25, -0.2) is 0 Å². The lowest BCUT2D eigenvalue weighted by Crippen LogP contribution is -2.15. The molecular weight excluding hydrogens is 1160 g/mol. The number of hydrogen-bond acceptors (Lipinski definition) is 3. The summed E-state index contributed by atoms with van der Waals surface area (Å²) in [6, 6.07) is 128. The van der Waals surface area contributed by atoms with Crippen LogP contribution in [-0.2, 0) is 5.41 Å². The third-order valence-electron chi connectivity index (χ3n) is 20.1. The fourth-order valence-electron chi connectivity index (χ4n) is 15.3. The van der Waals surface area contributed by atoms with Crippen molar-refractivity contribution in [1.82, 2.24) is 0 Å². The largest absolute Gasteiger partial charge is 0.456 e. The monoisotopic (exact) mass is 1220 g/mol. The van der Waals surface area contributed by atoms with E-state index in [-0.39, 0.29) is 5.41 Å². The highest BCUT2D eigenvalue weighted by atomic mass is 16.3. The van der Waals surface area contributed by atoms with Crippen molar-refractivity contribution in [3.63, 3.8) is 0 Å². The molecule has 452 valence electrons. The normalized spacial score (nSPS) is 12.4. The van der Waals surface area contributed by atoms with Crippen molar-refractivity contribution in [2.75, 3.05) is 9.80 Å². The van der Waals surface area contributed by atoms with Gasteiger partial charge in [-0.2, -0.15) is 0 Å². The molecule has 17 aromatic carbocycles. The highest BCUT2D eigenvalue weighted by molar-refractivity contribution is 6.19.